The van der Waals surface area contributed by atoms with E-state index in [1.807, 2.05) is 0 Å². The summed E-state index contributed by atoms with van der Waals surface area (Å²) < 4.78 is 32.3. The Bertz CT molecular complexity index is 536. The van der Waals surface area contributed by atoms with Gasteiger partial charge in [0.05, 0.1) is 12.8 Å². The first-order chi connectivity index (χ1) is 8.99. The van der Waals surface area contributed by atoms with Crippen LogP contribution in [0.25, 0.3) is 0 Å². The van der Waals surface area contributed by atoms with Gasteiger partial charge in [-0.25, -0.2) is 9.38 Å². The minimum Gasteiger partial charge on any atom is -0.494 e. The van der Waals surface area contributed by atoms with E-state index in [1.165, 1.54) is 25.5 Å². The molecular formula is C14H16F2N2O. The SMILES string of the molecule is C=C(OC)/C(F)=C(\N=C/C)Nc1ccc(C)cc1F. The Hall–Kier alpha value is -2.17. The maximum atomic E-state index is 13.9. The number of halogens is 2. The van der Waals surface area contributed by atoms with Crippen molar-refractivity contribution in [3.63, 3.8) is 0 Å². The van der Waals surface area contributed by atoms with Gasteiger partial charge in [-0.05, 0) is 31.5 Å². The molecule has 0 heterocycles. The third kappa shape index (κ3) is 3.91. The van der Waals surface area contributed by atoms with Crippen LogP contribution in [0, 0.1) is 12.7 Å². The zero-order valence-electron chi connectivity index (χ0n) is 11.1. The molecule has 0 atom stereocenters. The number of allylic oxidation sites excluding steroid dienone is 1. The number of aliphatic imine (C=N–C) groups is 1. The van der Waals surface area contributed by atoms with E-state index in [0.29, 0.717) is 0 Å². The van der Waals surface area contributed by atoms with Crippen LogP contribution in [0.1, 0.15) is 12.5 Å². The van der Waals surface area contributed by atoms with Crippen molar-refractivity contribution in [1.82, 2.24) is 0 Å². The van der Waals surface area contributed by atoms with E-state index in [9.17, 15) is 8.78 Å². The fraction of sp³-hybridized carbons (Fsp3) is 0.214. The van der Waals surface area contributed by atoms with Gasteiger partial charge >= 0.3 is 0 Å². The molecule has 1 rings (SSSR count). The van der Waals surface area contributed by atoms with E-state index < -0.39 is 11.6 Å². The van der Waals surface area contributed by atoms with Crippen molar-refractivity contribution in [1.29, 1.82) is 0 Å². The molecule has 102 valence electrons. The largest absolute Gasteiger partial charge is 0.494 e. The van der Waals surface area contributed by atoms with Crippen LogP contribution >= 0.6 is 0 Å². The summed E-state index contributed by atoms with van der Waals surface area (Å²) in [5, 5.41) is 2.58. The normalized spacial score (nSPS) is 12.3. The van der Waals surface area contributed by atoms with E-state index in [1.54, 1.807) is 19.9 Å². The van der Waals surface area contributed by atoms with Crippen LogP contribution in [0.2, 0.25) is 0 Å². The second-order valence-corrected chi connectivity index (χ2v) is 3.79. The number of hydrogen-bond donors (Lipinski definition) is 1. The van der Waals surface area contributed by atoms with Crippen LogP contribution in [0.5, 0.6) is 0 Å². The lowest BCUT2D eigenvalue weighted by molar-refractivity contribution is 0.284. The molecule has 5 heteroatoms. The first-order valence-corrected chi connectivity index (χ1v) is 5.64. The van der Waals surface area contributed by atoms with Crippen molar-refractivity contribution in [3.8, 4) is 0 Å². The molecular weight excluding hydrogens is 250 g/mol. The van der Waals surface area contributed by atoms with Gasteiger partial charge in [0.15, 0.2) is 11.6 Å². The molecule has 0 spiro atoms. The summed E-state index contributed by atoms with van der Waals surface area (Å²) in [6.07, 6.45) is 1.39. The highest BCUT2D eigenvalue weighted by molar-refractivity contribution is 5.59. The second kappa shape index (κ2) is 6.68. The molecule has 1 N–H and O–H groups in total. The van der Waals surface area contributed by atoms with Gasteiger partial charge in [-0.15, -0.1) is 0 Å². The molecule has 1 aromatic rings. The molecule has 0 fully saturated rings. The molecule has 19 heavy (non-hydrogen) atoms. The summed E-state index contributed by atoms with van der Waals surface area (Å²) >= 11 is 0. The molecule has 0 amide bonds. The molecule has 0 aliphatic heterocycles. The molecule has 0 saturated carbocycles. The number of rotatable bonds is 5. The summed E-state index contributed by atoms with van der Waals surface area (Å²) in [5.41, 5.74) is 0.902. The highest BCUT2D eigenvalue weighted by Crippen LogP contribution is 2.22. The van der Waals surface area contributed by atoms with Crippen LogP contribution in [-0.2, 0) is 4.74 Å². The van der Waals surface area contributed by atoms with Crippen molar-refractivity contribution < 1.29 is 13.5 Å². The first kappa shape index (κ1) is 14.9. The van der Waals surface area contributed by atoms with Crippen LogP contribution in [0.3, 0.4) is 0 Å². The number of methoxy groups -OCH3 is 1. The monoisotopic (exact) mass is 266 g/mol. The Balaban J connectivity index is 3.12. The maximum absolute atomic E-state index is 13.9. The first-order valence-electron chi connectivity index (χ1n) is 5.64. The fourth-order valence-electron chi connectivity index (χ4n) is 1.34. The molecule has 0 aliphatic rings. The highest BCUT2D eigenvalue weighted by Gasteiger charge is 2.12. The molecule has 0 aliphatic carbocycles. The van der Waals surface area contributed by atoms with Gasteiger partial charge < -0.3 is 10.1 Å². The van der Waals surface area contributed by atoms with E-state index >= 15 is 0 Å². The third-order valence-corrected chi connectivity index (χ3v) is 2.33. The standard InChI is InChI=1S/C14H16F2N2O/c1-5-17-14(13(16)10(3)19-4)18-12-7-6-9(2)8-11(12)15/h5-8,18H,3H2,1-2,4H3/b14-13-,17-5-. The van der Waals surface area contributed by atoms with E-state index in [0.717, 1.165) is 5.56 Å². The zero-order chi connectivity index (χ0) is 14.4. The van der Waals surface area contributed by atoms with Gasteiger partial charge in [0, 0.05) is 6.21 Å². The fourth-order valence-corrected chi connectivity index (χ4v) is 1.34. The van der Waals surface area contributed by atoms with Crippen LogP contribution in [-0.4, -0.2) is 13.3 Å². The Labute approximate surface area is 111 Å². The minimum absolute atomic E-state index is 0.130. The summed E-state index contributed by atoms with van der Waals surface area (Å²) in [5.74, 6) is -1.60. The quantitative estimate of drug-likeness (QED) is 0.497. The smallest absolute Gasteiger partial charge is 0.206 e. The molecule has 1 aromatic carbocycles. The van der Waals surface area contributed by atoms with Crippen molar-refractivity contribution in [3.05, 3.63) is 53.6 Å². The minimum atomic E-state index is -0.777. The average molecular weight is 266 g/mol. The molecule has 0 aromatic heterocycles. The summed E-state index contributed by atoms with van der Waals surface area (Å²) in [6, 6.07) is 4.57. The van der Waals surface area contributed by atoms with Gasteiger partial charge in [-0.1, -0.05) is 12.6 Å². The van der Waals surface area contributed by atoms with Crippen LogP contribution in [0.15, 0.2) is 47.2 Å². The Kier molecular flexibility index (Phi) is 5.23. The molecule has 0 saturated heterocycles. The number of ether oxygens (including phenoxy) is 1. The van der Waals surface area contributed by atoms with Gasteiger partial charge in [0.2, 0.25) is 5.83 Å². The predicted molar refractivity (Wildman–Crippen MR) is 73.2 cm³/mol. The zero-order valence-corrected chi connectivity index (χ0v) is 11.1. The Morgan fingerprint density at radius 3 is 2.68 bits per heavy atom. The number of aryl methyl sites for hydroxylation is 1. The Morgan fingerprint density at radius 1 is 1.47 bits per heavy atom. The highest BCUT2D eigenvalue weighted by atomic mass is 19.1. The maximum Gasteiger partial charge on any atom is 0.206 e. The summed E-state index contributed by atoms with van der Waals surface area (Å²) in [4.78, 5) is 3.81. The van der Waals surface area contributed by atoms with Crippen molar-refractivity contribution >= 4 is 11.9 Å². The number of anilines is 1. The van der Waals surface area contributed by atoms with E-state index in [2.05, 4.69) is 16.9 Å². The number of hydrogen-bond acceptors (Lipinski definition) is 3. The van der Waals surface area contributed by atoms with E-state index in [4.69, 9.17) is 4.74 Å². The number of benzene rings is 1. The topological polar surface area (TPSA) is 33.6 Å². The lowest BCUT2D eigenvalue weighted by Gasteiger charge is -2.10. The molecule has 0 radical (unpaired) electrons. The predicted octanol–water partition coefficient (Wildman–Crippen LogP) is 3.94. The summed E-state index contributed by atoms with van der Waals surface area (Å²) in [6.45, 7) is 6.78. The molecule has 0 unspecified atom stereocenters. The van der Waals surface area contributed by atoms with Gasteiger partial charge in [0.1, 0.15) is 5.82 Å². The van der Waals surface area contributed by atoms with Gasteiger partial charge in [0.25, 0.3) is 0 Å². The summed E-state index contributed by atoms with van der Waals surface area (Å²) in [7, 11) is 1.29. The van der Waals surface area contributed by atoms with Crippen molar-refractivity contribution in [2.45, 2.75) is 13.8 Å². The van der Waals surface area contributed by atoms with E-state index in [-0.39, 0.29) is 17.3 Å². The third-order valence-electron chi connectivity index (χ3n) is 2.33. The lowest BCUT2D eigenvalue weighted by atomic mass is 10.2. The van der Waals surface area contributed by atoms with Gasteiger partial charge in [-0.3, -0.25) is 0 Å². The number of nitrogens with one attached hydrogen (secondary N) is 1. The van der Waals surface area contributed by atoms with Crippen LogP contribution in [0.4, 0.5) is 14.5 Å². The molecule has 3 nitrogen and oxygen atoms in total. The van der Waals surface area contributed by atoms with Crippen molar-refractivity contribution in [2.75, 3.05) is 12.4 Å². The number of nitrogens with zero attached hydrogens (tertiary/aromatic N) is 1. The van der Waals surface area contributed by atoms with Gasteiger partial charge in [-0.2, -0.15) is 4.39 Å². The van der Waals surface area contributed by atoms with Crippen molar-refractivity contribution in [2.24, 2.45) is 4.99 Å². The molecule has 0 bridgehead atoms. The average Bonchev–Trinajstić information content (AvgIpc) is 2.39. The van der Waals surface area contributed by atoms with Crippen LogP contribution < -0.4 is 5.32 Å². The second-order valence-electron chi connectivity index (χ2n) is 3.79. The lowest BCUT2D eigenvalue weighted by Crippen LogP contribution is -2.04. The Morgan fingerprint density at radius 2 is 2.16 bits per heavy atom.